The molecule has 1 heterocycles. The Labute approximate surface area is 84.6 Å². The predicted octanol–water partition coefficient (Wildman–Crippen LogP) is 2.59. The first-order chi connectivity index (χ1) is 6.36. The average molecular weight is 199 g/mol. The van der Waals surface area contributed by atoms with Gasteiger partial charge in [-0.3, -0.25) is 0 Å². The molecule has 1 fully saturated rings. The van der Waals surface area contributed by atoms with E-state index in [-0.39, 0.29) is 0 Å². The Balaban J connectivity index is 2.11. The molecule has 1 aliphatic heterocycles. The molecule has 2 unspecified atom stereocenters. The third kappa shape index (κ3) is 4.02. The van der Waals surface area contributed by atoms with Crippen molar-refractivity contribution in [2.45, 2.75) is 44.0 Å². The molecular weight excluding hydrogens is 182 g/mol. The zero-order valence-corrected chi connectivity index (χ0v) is 8.98. The van der Waals surface area contributed by atoms with Crippen molar-refractivity contribution >= 4 is 11.8 Å². The molecule has 0 aliphatic carbocycles. The summed E-state index contributed by atoms with van der Waals surface area (Å²) in [4.78, 5) is 0. The molecule has 0 aromatic heterocycles. The van der Waals surface area contributed by atoms with Gasteiger partial charge in [0.2, 0.25) is 0 Å². The summed E-state index contributed by atoms with van der Waals surface area (Å²) >= 11 is 1.90. The Morgan fingerprint density at radius 1 is 1.69 bits per heavy atom. The Morgan fingerprint density at radius 2 is 2.54 bits per heavy atom. The van der Waals surface area contributed by atoms with E-state index in [4.69, 9.17) is 10.00 Å². The van der Waals surface area contributed by atoms with Gasteiger partial charge in [-0.2, -0.15) is 17.0 Å². The number of ether oxygens (including phenoxy) is 1. The molecule has 1 rings (SSSR count). The van der Waals surface area contributed by atoms with Gasteiger partial charge >= 0.3 is 0 Å². The van der Waals surface area contributed by atoms with Gasteiger partial charge in [-0.1, -0.05) is 6.92 Å². The first kappa shape index (κ1) is 10.9. The summed E-state index contributed by atoms with van der Waals surface area (Å²) in [6.07, 6.45) is 4.63. The molecule has 74 valence electrons. The van der Waals surface area contributed by atoms with Gasteiger partial charge in [0, 0.05) is 24.0 Å². The van der Waals surface area contributed by atoms with Crippen molar-refractivity contribution < 1.29 is 4.74 Å². The maximum atomic E-state index is 8.57. The molecule has 3 heteroatoms. The summed E-state index contributed by atoms with van der Waals surface area (Å²) < 4.78 is 5.52. The molecule has 2 atom stereocenters. The number of rotatable bonds is 5. The van der Waals surface area contributed by atoms with E-state index in [0.29, 0.717) is 17.8 Å². The van der Waals surface area contributed by atoms with Crippen LogP contribution < -0.4 is 0 Å². The first-order valence-electron chi connectivity index (χ1n) is 4.97. The molecule has 1 aliphatic rings. The second-order valence-corrected chi connectivity index (χ2v) is 4.69. The quantitative estimate of drug-likeness (QED) is 0.682. The molecule has 0 saturated carbocycles. The second-order valence-electron chi connectivity index (χ2n) is 3.36. The number of hydrogen-bond donors (Lipinski definition) is 0. The van der Waals surface area contributed by atoms with Gasteiger partial charge in [0.05, 0.1) is 12.2 Å². The third-order valence-electron chi connectivity index (χ3n) is 2.32. The van der Waals surface area contributed by atoms with Crippen LogP contribution in [0.15, 0.2) is 0 Å². The fourth-order valence-corrected chi connectivity index (χ4v) is 2.62. The minimum atomic E-state index is 0.456. The number of nitriles is 1. The maximum absolute atomic E-state index is 8.57. The van der Waals surface area contributed by atoms with Gasteiger partial charge in [0.25, 0.3) is 0 Å². The Kier molecular flexibility index (Phi) is 5.26. The number of hydrogen-bond acceptors (Lipinski definition) is 3. The van der Waals surface area contributed by atoms with Crippen LogP contribution in [0.4, 0.5) is 0 Å². The maximum Gasteiger partial charge on any atom is 0.0666 e. The summed E-state index contributed by atoms with van der Waals surface area (Å²) in [6, 6.07) is 2.23. The highest BCUT2D eigenvalue weighted by Crippen LogP contribution is 2.23. The molecule has 0 aromatic rings. The standard InChI is InChI=1S/C10H17NOS/c1-2-10(5-6-11)13-8-9-4-3-7-12-9/h9-10H,2-5,7-8H2,1H3. The van der Waals surface area contributed by atoms with E-state index in [2.05, 4.69) is 13.0 Å². The van der Waals surface area contributed by atoms with Gasteiger partial charge in [0.15, 0.2) is 0 Å². The van der Waals surface area contributed by atoms with Crippen LogP contribution >= 0.6 is 11.8 Å². The lowest BCUT2D eigenvalue weighted by atomic mass is 10.3. The van der Waals surface area contributed by atoms with Crippen LogP contribution in [0.1, 0.15) is 32.6 Å². The van der Waals surface area contributed by atoms with Crippen LogP contribution in [-0.4, -0.2) is 23.7 Å². The van der Waals surface area contributed by atoms with Crippen molar-refractivity contribution in [3.63, 3.8) is 0 Å². The van der Waals surface area contributed by atoms with Crippen molar-refractivity contribution in [1.82, 2.24) is 0 Å². The first-order valence-corrected chi connectivity index (χ1v) is 6.01. The molecule has 0 spiro atoms. The average Bonchev–Trinajstić information content (AvgIpc) is 2.64. The molecule has 13 heavy (non-hydrogen) atoms. The lowest BCUT2D eigenvalue weighted by Crippen LogP contribution is -2.11. The minimum Gasteiger partial charge on any atom is -0.377 e. The van der Waals surface area contributed by atoms with Crippen molar-refractivity contribution in [1.29, 1.82) is 5.26 Å². The molecule has 0 radical (unpaired) electrons. The fraction of sp³-hybridized carbons (Fsp3) is 0.900. The van der Waals surface area contributed by atoms with E-state index in [1.165, 1.54) is 12.8 Å². The van der Waals surface area contributed by atoms with Crippen molar-refractivity contribution in [3.8, 4) is 6.07 Å². The molecule has 0 amide bonds. The molecule has 2 nitrogen and oxygen atoms in total. The van der Waals surface area contributed by atoms with Crippen LogP contribution in [0.3, 0.4) is 0 Å². The summed E-state index contributed by atoms with van der Waals surface area (Å²) in [7, 11) is 0. The van der Waals surface area contributed by atoms with Crippen LogP contribution in [0, 0.1) is 11.3 Å². The monoisotopic (exact) mass is 199 g/mol. The molecule has 0 aromatic carbocycles. The Morgan fingerprint density at radius 3 is 3.08 bits per heavy atom. The van der Waals surface area contributed by atoms with Gasteiger partial charge in [-0.05, 0) is 19.3 Å². The third-order valence-corrected chi connectivity index (χ3v) is 3.85. The van der Waals surface area contributed by atoms with Gasteiger partial charge in [-0.25, -0.2) is 0 Å². The van der Waals surface area contributed by atoms with Crippen LogP contribution in [-0.2, 0) is 4.74 Å². The normalized spacial score (nSPS) is 24.2. The Hall–Kier alpha value is -0.200. The second kappa shape index (κ2) is 6.28. The molecule has 0 bridgehead atoms. The highest BCUT2D eigenvalue weighted by molar-refractivity contribution is 7.99. The summed E-state index contributed by atoms with van der Waals surface area (Å²) in [5, 5.41) is 9.07. The van der Waals surface area contributed by atoms with Crippen molar-refractivity contribution in [3.05, 3.63) is 0 Å². The van der Waals surface area contributed by atoms with E-state index >= 15 is 0 Å². The highest BCUT2D eigenvalue weighted by Gasteiger charge is 2.17. The predicted molar refractivity (Wildman–Crippen MR) is 55.7 cm³/mol. The number of nitrogens with zero attached hydrogens (tertiary/aromatic N) is 1. The highest BCUT2D eigenvalue weighted by atomic mass is 32.2. The summed E-state index contributed by atoms with van der Waals surface area (Å²) in [6.45, 7) is 3.07. The minimum absolute atomic E-state index is 0.456. The largest absolute Gasteiger partial charge is 0.377 e. The van der Waals surface area contributed by atoms with E-state index in [0.717, 1.165) is 18.8 Å². The Bertz CT molecular complexity index is 172. The zero-order chi connectivity index (χ0) is 9.52. The topological polar surface area (TPSA) is 33.0 Å². The smallest absolute Gasteiger partial charge is 0.0666 e. The lowest BCUT2D eigenvalue weighted by Gasteiger charge is -2.13. The summed E-state index contributed by atoms with van der Waals surface area (Å²) in [5.74, 6) is 1.07. The van der Waals surface area contributed by atoms with Crippen LogP contribution in [0.25, 0.3) is 0 Å². The van der Waals surface area contributed by atoms with Crippen LogP contribution in [0.2, 0.25) is 0 Å². The van der Waals surface area contributed by atoms with Crippen LogP contribution in [0.5, 0.6) is 0 Å². The van der Waals surface area contributed by atoms with Gasteiger partial charge < -0.3 is 4.74 Å². The van der Waals surface area contributed by atoms with E-state index in [1.54, 1.807) is 0 Å². The molecular formula is C10H17NOS. The van der Waals surface area contributed by atoms with Crippen molar-refractivity contribution in [2.24, 2.45) is 0 Å². The van der Waals surface area contributed by atoms with Crippen molar-refractivity contribution in [2.75, 3.05) is 12.4 Å². The number of thioether (sulfide) groups is 1. The zero-order valence-electron chi connectivity index (χ0n) is 8.16. The lowest BCUT2D eigenvalue weighted by molar-refractivity contribution is 0.129. The molecule has 1 saturated heterocycles. The fourth-order valence-electron chi connectivity index (χ4n) is 1.44. The molecule has 0 N–H and O–H groups in total. The SMILES string of the molecule is CCC(CC#N)SCC1CCCO1. The van der Waals surface area contributed by atoms with E-state index in [1.807, 2.05) is 11.8 Å². The van der Waals surface area contributed by atoms with Gasteiger partial charge in [0.1, 0.15) is 0 Å². The van der Waals surface area contributed by atoms with E-state index in [9.17, 15) is 0 Å². The van der Waals surface area contributed by atoms with E-state index < -0.39 is 0 Å². The van der Waals surface area contributed by atoms with Gasteiger partial charge in [-0.15, -0.1) is 0 Å². The summed E-state index contributed by atoms with van der Waals surface area (Å²) in [5.41, 5.74) is 0.